The van der Waals surface area contributed by atoms with Gasteiger partial charge in [-0.05, 0) is 53.2 Å². The van der Waals surface area contributed by atoms with Crippen LogP contribution in [0.4, 0.5) is 4.79 Å². The van der Waals surface area contributed by atoms with Crippen LogP contribution in [-0.2, 0) is 27.3 Å². The van der Waals surface area contributed by atoms with Crippen molar-refractivity contribution in [1.82, 2.24) is 25.5 Å². The highest BCUT2D eigenvalue weighted by molar-refractivity contribution is 8.13. The first kappa shape index (κ1) is 28.0. The molecule has 3 rings (SSSR count). The summed E-state index contributed by atoms with van der Waals surface area (Å²) in [5, 5.41) is 14.8. The number of nitrogens with zero attached hydrogens (tertiary/aromatic N) is 4. The molecule has 0 bridgehead atoms. The summed E-state index contributed by atoms with van der Waals surface area (Å²) in [5.74, 6) is -0.540. The average Bonchev–Trinajstić information content (AvgIpc) is 3.28. The molecule has 13 heteroatoms. The normalized spacial score (nSPS) is 11.6. The van der Waals surface area contributed by atoms with Crippen molar-refractivity contribution in [3.05, 3.63) is 64.1 Å². The molecule has 1 atom stereocenters. The van der Waals surface area contributed by atoms with Crippen molar-refractivity contribution in [2.45, 2.75) is 42.4 Å². The number of aryl methyl sites for hydroxylation is 1. The lowest BCUT2D eigenvalue weighted by atomic mass is 10.1. The van der Waals surface area contributed by atoms with Gasteiger partial charge in [0.25, 0.3) is 5.24 Å². The summed E-state index contributed by atoms with van der Waals surface area (Å²) in [5.41, 5.74) is 1.10. The second-order valence-electron chi connectivity index (χ2n) is 7.32. The fourth-order valence-corrected chi connectivity index (χ4v) is 5.20. The maximum Gasteiger partial charge on any atom is 0.308 e. The number of rotatable bonds is 12. The zero-order valence-corrected chi connectivity index (χ0v) is 22.4. The van der Waals surface area contributed by atoms with E-state index >= 15 is 0 Å². The van der Waals surface area contributed by atoms with E-state index in [-0.39, 0.29) is 24.7 Å². The Hall–Kier alpha value is -2.60. The molecule has 0 radical (unpaired) electrons. The molecule has 2 aromatic carbocycles. The van der Waals surface area contributed by atoms with Crippen LogP contribution < -0.4 is 5.32 Å². The van der Waals surface area contributed by atoms with Gasteiger partial charge in [0.2, 0.25) is 5.16 Å². The molecule has 1 unspecified atom stereocenters. The summed E-state index contributed by atoms with van der Waals surface area (Å²) in [6, 6.07) is 13.7. The van der Waals surface area contributed by atoms with E-state index in [2.05, 4.69) is 20.8 Å². The van der Waals surface area contributed by atoms with Crippen LogP contribution in [0.15, 0.2) is 58.6 Å². The molecule has 1 N–H and O–H groups in total. The number of nitrogens with one attached hydrogen (secondary N) is 1. The molecule has 1 heterocycles. The van der Waals surface area contributed by atoms with Crippen molar-refractivity contribution in [3.63, 3.8) is 0 Å². The number of amides is 1. The Morgan fingerprint density at radius 2 is 1.81 bits per heavy atom. The van der Waals surface area contributed by atoms with Crippen LogP contribution in [0.2, 0.25) is 10.0 Å². The standard InChI is InChI=1S/C23H23Cl2N5O4S2/c1-2-34-20(32)13-18(26-23(33)35-12-11-15-7-4-3-5-8-15)19(31)14-30-22(27-28-29-30)36-21-16(24)9-6-10-17(21)25/h3-10,18H,2,11-14H2,1H3,(H,26,33). The lowest BCUT2D eigenvalue weighted by Gasteiger charge is -2.17. The Bertz CT molecular complexity index is 1180. The number of carbonyl (C=O) groups is 3. The molecule has 0 aliphatic rings. The first-order chi connectivity index (χ1) is 17.4. The molecule has 1 amide bonds. The van der Waals surface area contributed by atoms with Gasteiger partial charge in [-0.2, -0.15) is 0 Å². The summed E-state index contributed by atoms with van der Waals surface area (Å²) in [6.45, 7) is 1.54. The average molecular weight is 569 g/mol. The predicted molar refractivity (Wildman–Crippen MR) is 140 cm³/mol. The topological polar surface area (TPSA) is 116 Å². The van der Waals surface area contributed by atoms with Crippen molar-refractivity contribution >= 4 is 63.7 Å². The first-order valence-electron chi connectivity index (χ1n) is 10.9. The van der Waals surface area contributed by atoms with Gasteiger partial charge in [-0.1, -0.05) is 71.4 Å². The maximum absolute atomic E-state index is 13.1. The third-order valence-electron chi connectivity index (χ3n) is 4.74. The van der Waals surface area contributed by atoms with Gasteiger partial charge in [0.15, 0.2) is 5.78 Å². The molecule has 190 valence electrons. The summed E-state index contributed by atoms with van der Waals surface area (Å²) in [6.07, 6.45) is 0.379. The minimum atomic E-state index is -1.10. The Kier molecular flexibility index (Phi) is 11.1. The number of halogens is 2. The van der Waals surface area contributed by atoms with E-state index in [1.807, 2.05) is 30.3 Å². The SMILES string of the molecule is CCOC(=O)CC(NC(=O)SCCc1ccccc1)C(=O)Cn1nnnc1Sc1c(Cl)cccc1Cl. The number of esters is 1. The summed E-state index contributed by atoms with van der Waals surface area (Å²) >= 11 is 14.6. The number of aromatic nitrogens is 4. The number of benzene rings is 2. The Balaban J connectivity index is 1.65. The van der Waals surface area contributed by atoms with Gasteiger partial charge >= 0.3 is 5.97 Å². The van der Waals surface area contributed by atoms with Crippen LogP contribution in [0.1, 0.15) is 18.9 Å². The lowest BCUT2D eigenvalue weighted by molar-refractivity contribution is -0.145. The van der Waals surface area contributed by atoms with Crippen LogP contribution in [0, 0.1) is 0 Å². The van der Waals surface area contributed by atoms with Crippen molar-refractivity contribution in [3.8, 4) is 0 Å². The predicted octanol–water partition coefficient (Wildman–Crippen LogP) is 4.71. The summed E-state index contributed by atoms with van der Waals surface area (Å²) < 4.78 is 6.24. The van der Waals surface area contributed by atoms with Gasteiger partial charge in [0.1, 0.15) is 12.6 Å². The molecular weight excluding hydrogens is 545 g/mol. The lowest BCUT2D eigenvalue weighted by Crippen LogP contribution is -2.42. The molecule has 1 aromatic heterocycles. The minimum Gasteiger partial charge on any atom is -0.466 e. The van der Waals surface area contributed by atoms with Crippen LogP contribution in [0.5, 0.6) is 0 Å². The molecule has 0 fully saturated rings. The largest absolute Gasteiger partial charge is 0.466 e. The first-order valence-corrected chi connectivity index (χ1v) is 13.5. The van der Waals surface area contributed by atoms with Crippen molar-refractivity contribution in [2.24, 2.45) is 0 Å². The van der Waals surface area contributed by atoms with Gasteiger partial charge in [-0.3, -0.25) is 14.4 Å². The number of tetrazole rings is 1. The molecule has 36 heavy (non-hydrogen) atoms. The zero-order valence-electron chi connectivity index (χ0n) is 19.2. The fourth-order valence-electron chi connectivity index (χ4n) is 3.02. The maximum atomic E-state index is 13.1. The van der Waals surface area contributed by atoms with E-state index in [9.17, 15) is 14.4 Å². The Morgan fingerprint density at radius 3 is 2.50 bits per heavy atom. The van der Waals surface area contributed by atoms with Crippen LogP contribution in [-0.4, -0.2) is 55.6 Å². The molecule has 9 nitrogen and oxygen atoms in total. The number of thioether (sulfide) groups is 1. The van der Waals surface area contributed by atoms with E-state index in [0.717, 1.165) is 29.1 Å². The highest BCUT2D eigenvalue weighted by atomic mass is 35.5. The number of carbonyl (C=O) groups excluding carboxylic acids is 3. The van der Waals surface area contributed by atoms with E-state index in [1.54, 1.807) is 25.1 Å². The number of Topliss-reactive ketones (excluding diaryl/α,β-unsaturated/α-hetero) is 1. The molecule has 3 aromatic rings. The number of hydrogen-bond acceptors (Lipinski definition) is 9. The van der Waals surface area contributed by atoms with Crippen molar-refractivity contribution in [1.29, 1.82) is 0 Å². The van der Waals surface area contributed by atoms with Crippen LogP contribution in [0.25, 0.3) is 0 Å². The van der Waals surface area contributed by atoms with Gasteiger partial charge in [0, 0.05) is 5.75 Å². The molecule has 0 saturated carbocycles. The van der Waals surface area contributed by atoms with E-state index in [1.165, 1.54) is 4.68 Å². The molecular formula is C23H23Cl2N5O4S2. The van der Waals surface area contributed by atoms with E-state index < -0.39 is 23.0 Å². The molecule has 0 aliphatic carbocycles. The second-order valence-corrected chi connectivity index (χ2v) is 10.2. The van der Waals surface area contributed by atoms with Crippen molar-refractivity contribution in [2.75, 3.05) is 12.4 Å². The third kappa shape index (κ3) is 8.51. The Morgan fingerprint density at radius 1 is 1.08 bits per heavy atom. The van der Waals surface area contributed by atoms with Crippen LogP contribution in [0.3, 0.4) is 0 Å². The number of ketones is 1. The molecule has 0 saturated heterocycles. The highest BCUT2D eigenvalue weighted by Gasteiger charge is 2.26. The second kappa shape index (κ2) is 14.2. The summed E-state index contributed by atoms with van der Waals surface area (Å²) in [4.78, 5) is 38.3. The highest BCUT2D eigenvalue weighted by Crippen LogP contribution is 2.37. The van der Waals surface area contributed by atoms with E-state index in [0.29, 0.717) is 27.1 Å². The van der Waals surface area contributed by atoms with Crippen LogP contribution >= 0.6 is 46.7 Å². The summed E-state index contributed by atoms with van der Waals surface area (Å²) in [7, 11) is 0. The number of ether oxygens (including phenoxy) is 1. The third-order valence-corrected chi connectivity index (χ3v) is 7.50. The van der Waals surface area contributed by atoms with Gasteiger partial charge in [0.05, 0.1) is 28.0 Å². The fraction of sp³-hybridized carbons (Fsp3) is 0.304. The molecule has 0 aliphatic heterocycles. The zero-order chi connectivity index (χ0) is 25.9. The monoisotopic (exact) mass is 567 g/mol. The van der Waals surface area contributed by atoms with Crippen molar-refractivity contribution < 1.29 is 19.1 Å². The van der Waals surface area contributed by atoms with E-state index in [4.69, 9.17) is 27.9 Å². The van der Waals surface area contributed by atoms with Gasteiger partial charge in [-0.15, -0.1) is 5.10 Å². The van der Waals surface area contributed by atoms with Gasteiger partial charge < -0.3 is 10.1 Å². The Labute approximate surface area is 226 Å². The smallest absolute Gasteiger partial charge is 0.308 e. The quantitative estimate of drug-likeness (QED) is 0.310. The molecule has 0 spiro atoms. The number of hydrogen-bond donors (Lipinski definition) is 1. The minimum absolute atomic E-state index is 0.159. The van der Waals surface area contributed by atoms with Gasteiger partial charge in [-0.25, -0.2) is 4.68 Å².